The van der Waals surface area contributed by atoms with Gasteiger partial charge in [0.05, 0.1) is 10.6 Å². The lowest BCUT2D eigenvalue weighted by molar-refractivity contribution is -0.129. The standard InChI is InChI=1S/C13H15N5O2S3/c14-12-15-16-13(23-12)22-8-10(19)17-3-5-18(6-4-17)11(20)9-2-1-7-21-9/h1-2,7H,3-6,8H2,(H2,14,15). The van der Waals surface area contributed by atoms with Crippen LogP contribution in [0.2, 0.25) is 0 Å². The van der Waals surface area contributed by atoms with E-state index in [1.54, 1.807) is 9.80 Å². The summed E-state index contributed by atoms with van der Waals surface area (Å²) in [5.74, 6) is 0.408. The number of carbonyl (C=O) groups is 2. The van der Waals surface area contributed by atoms with Crippen LogP contribution < -0.4 is 5.73 Å². The molecule has 0 atom stereocenters. The molecule has 7 nitrogen and oxygen atoms in total. The number of thiophene rings is 1. The van der Waals surface area contributed by atoms with Crippen molar-refractivity contribution in [3.63, 3.8) is 0 Å². The van der Waals surface area contributed by atoms with Crippen molar-refractivity contribution in [2.45, 2.75) is 4.34 Å². The van der Waals surface area contributed by atoms with Crippen molar-refractivity contribution in [1.82, 2.24) is 20.0 Å². The molecule has 1 aliphatic rings. The van der Waals surface area contributed by atoms with Gasteiger partial charge in [0.25, 0.3) is 5.91 Å². The largest absolute Gasteiger partial charge is 0.374 e. The Morgan fingerprint density at radius 2 is 1.96 bits per heavy atom. The molecule has 0 unspecified atom stereocenters. The summed E-state index contributed by atoms with van der Waals surface area (Å²) in [7, 11) is 0. The molecule has 1 fully saturated rings. The Kier molecular flexibility index (Phi) is 5.13. The number of nitrogens with zero attached hydrogens (tertiary/aromatic N) is 4. The van der Waals surface area contributed by atoms with Crippen molar-refractivity contribution in [1.29, 1.82) is 0 Å². The fourth-order valence-electron chi connectivity index (χ4n) is 2.21. The summed E-state index contributed by atoms with van der Waals surface area (Å²) in [5.41, 5.74) is 5.51. The van der Waals surface area contributed by atoms with Gasteiger partial charge in [0, 0.05) is 26.2 Å². The monoisotopic (exact) mass is 369 g/mol. The molecule has 0 radical (unpaired) electrons. The minimum atomic E-state index is 0.0470. The maximum absolute atomic E-state index is 12.3. The highest BCUT2D eigenvalue weighted by Gasteiger charge is 2.25. The molecule has 2 aromatic heterocycles. The predicted octanol–water partition coefficient (Wildman–Crippen LogP) is 1.26. The highest BCUT2D eigenvalue weighted by atomic mass is 32.2. The van der Waals surface area contributed by atoms with Gasteiger partial charge >= 0.3 is 0 Å². The molecule has 2 N–H and O–H groups in total. The number of aromatic nitrogens is 2. The van der Waals surface area contributed by atoms with Crippen LogP contribution in [-0.4, -0.2) is 63.7 Å². The molecule has 2 aromatic rings. The van der Waals surface area contributed by atoms with E-state index in [4.69, 9.17) is 5.73 Å². The molecule has 1 saturated heterocycles. The van der Waals surface area contributed by atoms with Gasteiger partial charge in [-0.2, -0.15) is 0 Å². The average molecular weight is 369 g/mol. The normalized spacial score (nSPS) is 15.0. The summed E-state index contributed by atoms with van der Waals surface area (Å²) in [6.45, 7) is 2.27. The molecule has 3 heterocycles. The average Bonchev–Trinajstić information content (AvgIpc) is 3.24. The summed E-state index contributed by atoms with van der Waals surface area (Å²) < 4.78 is 0.697. The van der Waals surface area contributed by atoms with Gasteiger partial charge in [0.1, 0.15) is 0 Å². The Hall–Kier alpha value is -1.65. The second-order valence-electron chi connectivity index (χ2n) is 4.85. The summed E-state index contributed by atoms with van der Waals surface area (Å²) in [6, 6.07) is 3.70. The number of carbonyl (C=O) groups excluding carboxylic acids is 2. The van der Waals surface area contributed by atoms with Gasteiger partial charge in [-0.05, 0) is 11.4 Å². The number of rotatable bonds is 4. The smallest absolute Gasteiger partial charge is 0.264 e. The van der Waals surface area contributed by atoms with Crippen LogP contribution in [0, 0.1) is 0 Å². The summed E-state index contributed by atoms with van der Waals surface area (Å²) >= 11 is 4.06. The number of hydrogen-bond acceptors (Lipinski definition) is 8. The molecule has 2 amide bonds. The Balaban J connectivity index is 1.46. The number of hydrogen-bond donors (Lipinski definition) is 1. The molecular formula is C13H15N5O2S3. The van der Waals surface area contributed by atoms with E-state index in [0.717, 1.165) is 4.88 Å². The maximum atomic E-state index is 12.3. The van der Waals surface area contributed by atoms with Crippen LogP contribution in [0.3, 0.4) is 0 Å². The first-order valence-electron chi connectivity index (χ1n) is 6.96. The number of piperazine rings is 1. The third kappa shape index (κ3) is 4.01. The number of amides is 2. The first kappa shape index (κ1) is 16.2. The maximum Gasteiger partial charge on any atom is 0.264 e. The first-order valence-corrected chi connectivity index (χ1v) is 9.64. The van der Waals surface area contributed by atoms with Crippen molar-refractivity contribution in [2.75, 3.05) is 37.7 Å². The lowest BCUT2D eigenvalue weighted by atomic mass is 10.3. The van der Waals surface area contributed by atoms with Gasteiger partial charge in [-0.1, -0.05) is 29.2 Å². The van der Waals surface area contributed by atoms with Crippen molar-refractivity contribution in [2.24, 2.45) is 0 Å². The van der Waals surface area contributed by atoms with Crippen LogP contribution in [0.4, 0.5) is 5.13 Å². The Bertz CT molecular complexity index is 680. The number of thioether (sulfide) groups is 1. The third-order valence-electron chi connectivity index (χ3n) is 3.39. The summed E-state index contributed by atoms with van der Waals surface area (Å²) in [5, 5.41) is 9.90. The predicted molar refractivity (Wildman–Crippen MR) is 91.8 cm³/mol. The quantitative estimate of drug-likeness (QED) is 0.816. The minimum absolute atomic E-state index is 0.0470. The van der Waals surface area contributed by atoms with Crippen LogP contribution in [0.15, 0.2) is 21.9 Å². The highest BCUT2D eigenvalue weighted by Crippen LogP contribution is 2.24. The van der Waals surface area contributed by atoms with Crippen LogP contribution in [0.25, 0.3) is 0 Å². The van der Waals surface area contributed by atoms with E-state index >= 15 is 0 Å². The number of anilines is 1. The van der Waals surface area contributed by atoms with E-state index < -0.39 is 0 Å². The summed E-state index contributed by atoms with van der Waals surface area (Å²) in [6.07, 6.45) is 0. The van der Waals surface area contributed by atoms with E-state index in [2.05, 4.69) is 10.2 Å². The van der Waals surface area contributed by atoms with Crippen molar-refractivity contribution < 1.29 is 9.59 Å². The molecule has 0 bridgehead atoms. The van der Waals surface area contributed by atoms with Crippen LogP contribution in [0.1, 0.15) is 9.67 Å². The lowest BCUT2D eigenvalue weighted by Gasteiger charge is -2.34. The zero-order valence-corrected chi connectivity index (χ0v) is 14.6. The molecule has 0 saturated carbocycles. The van der Waals surface area contributed by atoms with Crippen LogP contribution in [0.5, 0.6) is 0 Å². The van der Waals surface area contributed by atoms with Crippen molar-refractivity contribution >= 4 is 51.4 Å². The molecule has 122 valence electrons. The van der Waals surface area contributed by atoms with E-state index in [1.807, 2.05) is 17.5 Å². The Morgan fingerprint density at radius 1 is 1.22 bits per heavy atom. The molecule has 0 aromatic carbocycles. The zero-order valence-electron chi connectivity index (χ0n) is 12.2. The molecule has 0 spiro atoms. The number of nitrogens with two attached hydrogens (primary N) is 1. The van der Waals surface area contributed by atoms with E-state index in [-0.39, 0.29) is 11.8 Å². The third-order valence-corrected chi connectivity index (χ3v) is 6.12. The fourth-order valence-corrected chi connectivity index (χ4v) is 4.44. The van der Waals surface area contributed by atoms with Gasteiger partial charge < -0.3 is 15.5 Å². The second kappa shape index (κ2) is 7.28. The van der Waals surface area contributed by atoms with Crippen LogP contribution in [-0.2, 0) is 4.79 Å². The number of nitrogen functional groups attached to an aromatic ring is 1. The first-order chi connectivity index (χ1) is 11.1. The minimum Gasteiger partial charge on any atom is -0.374 e. The topological polar surface area (TPSA) is 92.4 Å². The molecule has 3 rings (SSSR count). The van der Waals surface area contributed by atoms with E-state index in [9.17, 15) is 9.59 Å². The SMILES string of the molecule is Nc1nnc(SCC(=O)N2CCN(C(=O)c3cccs3)CC2)s1. The molecule has 10 heteroatoms. The van der Waals surface area contributed by atoms with Gasteiger partial charge in [0.15, 0.2) is 4.34 Å². The van der Waals surface area contributed by atoms with Crippen molar-refractivity contribution in [3.8, 4) is 0 Å². The van der Waals surface area contributed by atoms with Gasteiger partial charge in [-0.3, -0.25) is 9.59 Å². The Morgan fingerprint density at radius 3 is 2.57 bits per heavy atom. The summed E-state index contributed by atoms with van der Waals surface area (Å²) in [4.78, 5) is 28.8. The molecule has 23 heavy (non-hydrogen) atoms. The second-order valence-corrected chi connectivity index (χ2v) is 8.02. The lowest BCUT2D eigenvalue weighted by Crippen LogP contribution is -2.50. The van der Waals surface area contributed by atoms with E-state index in [1.165, 1.54) is 34.4 Å². The van der Waals surface area contributed by atoms with Gasteiger partial charge in [-0.25, -0.2) is 0 Å². The Labute approximate surface area is 145 Å². The van der Waals surface area contributed by atoms with Gasteiger partial charge in [-0.15, -0.1) is 21.5 Å². The molecule has 1 aliphatic heterocycles. The molecular weight excluding hydrogens is 354 g/mol. The highest BCUT2D eigenvalue weighted by molar-refractivity contribution is 8.01. The van der Waals surface area contributed by atoms with Crippen molar-refractivity contribution in [3.05, 3.63) is 22.4 Å². The zero-order chi connectivity index (χ0) is 16.2. The molecule has 0 aliphatic carbocycles. The van der Waals surface area contributed by atoms with E-state index in [0.29, 0.717) is 41.4 Å². The fraction of sp³-hybridized carbons (Fsp3) is 0.385. The van der Waals surface area contributed by atoms with Gasteiger partial charge in [0.2, 0.25) is 11.0 Å². The van der Waals surface area contributed by atoms with Crippen LogP contribution >= 0.6 is 34.4 Å².